The van der Waals surface area contributed by atoms with E-state index in [9.17, 15) is 15.0 Å². The van der Waals surface area contributed by atoms with Crippen LogP contribution >= 0.6 is 0 Å². The van der Waals surface area contributed by atoms with Crippen molar-refractivity contribution in [2.24, 2.45) is 0 Å². The van der Waals surface area contributed by atoms with Crippen molar-refractivity contribution < 1.29 is 15.0 Å². The summed E-state index contributed by atoms with van der Waals surface area (Å²) in [6, 6.07) is 3.43. The molecule has 1 aliphatic carbocycles. The maximum absolute atomic E-state index is 11.2. The highest BCUT2D eigenvalue weighted by atomic mass is 16.4. The molecule has 1 fully saturated rings. The molecule has 1 saturated carbocycles. The molecular formula is C15H22N2O3. The van der Waals surface area contributed by atoms with Crippen LogP contribution in [0.15, 0.2) is 12.1 Å². The van der Waals surface area contributed by atoms with Crippen LogP contribution in [0.25, 0.3) is 0 Å². The quantitative estimate of drug-likeness (QED) is 0.733. The van der Waals surface area contributed by atoms with Crippen molar-refractivity contribution in [3.8, 4) is 0 Å². The number of nitrogens with two attached hydrogens (primary N) is 1. The van der Waals surface area contributed by atoms with Crippen molar-refractivity contribution in [3.05, 3.63) is 23.3 Å². The molecule has 5 nitrogen and oxygen atoms in total. The van der Waals surface area contributed by atoms with Gasteiger partial charge in [-0.3, -0.25) is 0 Å². The average Bonchev–Trinajstić information content (AvgIpc) is 2.78. The number of aliphatic hydroxyl groups is 1. The Hall–Kier alpha value is -1.75. The van der Waals surface area contributed by atoms with E-state index in [0.717, 1.165) is 36.9 Å². The van der Waals surface area contributed by atoms with E-state index < -0.39 is 11.6 Å². The van der Waals surface area contributed by atoms with Crippen LogP contribution in [-0.4, -0.2) is 35.4 Å². The smallest absolute Gasteiger partial charge is 0.337 e. The zero-order valence-electron chi connectivity index (χ0n) is 12.0. The van der Waals surface area contributed by atoms with Gasteiger partial charge in [-0.25, -0.2) is 4.79 Å². The van der Waals surface area contributed by atoms with Gasteiger partial charge >= 0.3 is 5.97 Å². The molecule has 0 radical (unpaired) electrons. The Labute approximate surface area is 119 Å². The molecule has 110 valence electrons. The molecule has 0 amide bonds. The maximum atomic E-state index is 11.2. The van der Waals surface area contributed by atoms with E-state index in [1.165, 1.54) is 0 Å². The highest BCUT2D eigenvalue weighted by Crippen LogP contribution is 2.32. The fourth-order valence-electron chi connectivity index (χ4n) is 2.90. The molecule has 0 heterocycles. The molecule has 2 rings (SSSR count). The van der Waals surface area contributed by atoms with E-state index in [4.69, 9.17) is 5.73 Å². The Bertz CT molecular complexity index is 522. The van der Waals surface area contributed by atoms with Gasteiger partial charge in [-0.1, -0.05) is 12.8 Å². The second-order valence-electron chi connectivity index (χ2n) is 5.82. The molecule has 0 saturated heterocycles. The summed E-state index contributed by atoms with van der Waals surface area (Å²) >= 11 is 0. The number of carboxylic acids is 1. The van der Waals surface area contributed by atoms with Gasteiger partial charge in [0.2, 0.25) is 0 Å². The normalized spacial score (nSPS) is 17.1. The zero-order valence-corrected chi connectivity index (χ0v) is 12.0. The van der Waals surface area contributed by atoms with Gasteiger partial charge in [-0.05, 0) is 37.5 Å². The van der Waals surface area contributed by atoms with E-state index in [0.29, 0.717) is 12.2 Å². The van der Waals surface area contributed by atoms with Crippen LogP contribution in [0.1, 0.15) is 41.6 Å². The van der Waals surface area contributed by atoms with Gasteiger partial charge in [0.25, 0.3) is 0 Å². The number of nitrogens with zero attached hydrogens (tertiary/aromatic N) is 1. The van der Waals surface area contributed by atoms with Gasteiger partial charge in [0.15, 0.2) is 0 Å². The van der Waals surface area contributed by atoms with Gasteiger partial charge in [-0.15, -0.1) is 0 Å². The molecule has 20 heavy (non-hydrogen) atoms. The lowest BCUT2D eigenvalue weighted by atomic mass is 10.0. The Balaban J connectivity index is 2.25. The van der Waals surface area contributed by atoms with Gasteiger partial charge < -0.3 is 20.8 Å². The number of carbonyl (C=O) groups is 1. The predicted molar refractivity (Wildman–Crippen MR) is 79.2 cm³/mol. The minimum atomic E-state index is -1.03. The first-order valence-electron chi connectivity index (χ1n) is 6.89. The van der Waals surface area contributed by atoms with E-state index in [1.54, 1.807) is 13.0 Å². The number of carboxylic acid groups (broad SMARTS) is 1. The fraction of sp³-hybridized carbons (Fsp3) is 0.533. The molecule has 0 atom stereocenters. The Morgan fingerprint density at radius 3 is 2.55 bits per heavy atom. The lowest BCUT2D eigenvalue weighted by Gasteiger charge is -2.30. The topological polar surface area (TPSA) is 86.8 Å². The third-order valence-corrected chi connectivity index (χ3v) is 4.11. The van der Waals surface area contributed by atoms with E-state index in [-0.39, 0.29) is 5.56 Å². The standard InChI is InChI=1S/C15H22N2O3/c1-10-7-11(8-12(13(10)16)14(18)19)17(2)9-15(20)5-3-4-6-15/h7-8,20H,3-6,9,16H2,1-2H3,(H,18,19). The minimum Gasteiger partial charge on any atom is -0.478 e. The van der Waals surface area contributed by atoms with Crippen molar-refractivity contribution in [1.82, 2.24) is 0 Å². The Morgan fingerprint density at radius 2 is 2.00 bits per heavy atom. The number of hydrogen-bond donors (Lipinski definition) is 3. The molecule has 1 aliphatic rings. The lowest BCUT2D eigenvalue weighted by molar-refractivity contribution is 0.0559. The predicted octanol–water partition coefficient (Wildman–Crippen LogP) is 2.02. The van der Waals surface area contributed by atoms with Crippen molar-refractivity contribution in [3.63, 3.8) is 0 Å². The Morgan fingerprint density at radius 1 is 1.40 bits per heavy atom. The van der Waals surface area contributed by atoms with E-state index in [2.05, 4.69) is 0 Å². The summed E-state index contributed by atoms with van der Waals surface area (Å²) < 4.78 is 0. The molecule has 1 aromatic carbocycles. The second kappa shape index (κ2) is 5.32. The number of benzene rings is 1. The van der Waals surface area contributed by atoms with Crippen LogP contribution < -0.4 is 10.6 Å². The minimum absolute atomic E-state index is 0.116. The first-order valence-corrected chi connectivity index (χ1v) is 6.89. The number of rotatable bonds is 4. The Kier molecular flexibility index (Phi) is 3.90. The van der Waals surface area contributed by atoms with Crippen LogP contribution in [0, 0.1) is 6.92 Å². The second-order valence-corrected chi connectivity index (χ2v) is 5.82. The first kappa shape index (κ1) is 14.7. The third-order valence-electron chi connectivity index (χ3n) is 4.11. The number of likely N-dealkylation sites (N-methyl/N-ethyl adjacent to an activating group) is 1. The van der Waals surface area contributed by atoms with Crippen LogP contribution in [0.4, 0.5) is 11.4 Å². The number of aryl methyl sites for hydroxylation is 1. The number of nitrogen functional groups attached to an aromatic ring is 1. The monoisotopic (exact) mass is 278 g/mol. The fourth-order valence-corrected chi connectivity index (χ4v) is 2.90. The SMILES string of the molecule is Cc1cc(N(C)CC2(O)CCCC2)cc(C(=O)O)c1N. The highest BCUT2D eigenvalue weighted by molar-refractivity contribution is 5.95. The number of hydrogen-bond acceptors (Lipinski definition) is 4. The number of aromatic carboxylic acids is 1. The van der Waals surface area contributed by atoms with E-state index in [1.807, 2.05) is 18.0 Å². The summed E-state index contributed by atoms with van der Waals surface area (Å²) in [5.74, 6) is -1.03. The molecule has 0 aliphatic heterocycles. The highest BCUT2D eigenvalue weighted by Gasteiger charge is 2.32. The number of anilines is 2. The summed E-state index contributed by atoms with van der Waals surface area (Å²) in [7, 11) is 1.87. The summed E-state index contributed by atoms with van der Waals surface area (Å²) in [6.45, 7) is 2.30. The van der Waals surface area contributed by atoms with Crippen LogP contribution in [0.3, 0.4) is 0 Å². The summed E-state index contributed by atoms with van der Waals surface area (Å²) in [6.07, 6.45) is 3.70. The maximum Gasteiger partial charge on any atom is 0.337 e. The molecule has 4 N–H and O–H groups in total. The summed E-state index contributed by atoms with van der Waals surface area (Å²) in [5.41, 5.74) is 7.06. The van der Waals surface area contributed by atoms with Crippen molar-refractivity contribution >= 4 is 17.3 Å². The van der Waals surface area contributed by atoms with Gasteiger partial charge in [0, 0.05) is 25.0 Å². The van der Waals surface area contributed by atoms with E-state index >= 15 is 0 Å². The van der Waals surface area contributed by atoms with Crippen molar-refractivity contribution in [1.29, 1.82) is 0 Å². The average molecular weight is 278 g/mol. The van der Waals surface area contributed by atoms with Crippen LogP contribution in [-0.2, 0) is 0 Å². The molecule has 1 aromatic rings. The molecule has 0 spiro atoms. The summed E-state index contributed by atoms with van der Waals surface area (Å²) in [5, 5.41) is 19.6. The first-order chi connectivity index (χ1) is 9.32. The lowest BCUT2D eigenvalue weighted by Crippen LogP contribution is -2.39. The zero-order chi connectivity index (χ0) is 14.9. The van der Waals surface area contributed by atoms with Crippen LogP contribution in [0.2, 0.25) is 0 Å². The molecular weight excluding hydrogens is 256 g/mol. The van der Waals surface area contributed by atoms with Gasteiger partial charge in [0.05, 0.1) is 11.2 Å². The molecule has 5 heteroatoms. The third kappa shape index (κ3) is 2.88. The van der Waals surface area contributed by atoms with Gasteiger partial charge in [-0.2, -0.15) is 0 Å². The molecule has 0 bridgehead atoms. The molecule has 0 unspecified atom stereocenters. The molecule has 0 aromatic heterocycles. The van der Waals surface area contributed by atoms with Gasteiger partial charge in [0.1, 0.15) is 0 Å². The largest absolute Gasteiger partial charge is 0.478 e. The van der Waals surface area contributed by atoms with Crippen molar-refractivity contribution in [2.45, 2.75) is 38.2 Å². The summed E-state index contributed by atoms with van der Waals surface area (Å²) in [4.78, 5) is 13.1. The van der Waals surface area contributed by atoms with Crippen molar-refractivity contribution in [2.75, 3.05) is 24.2 Å². The van der Waals surface area contributed by atoms with Crippen LogP contribution in [0.5, 0.6) is 0 Å².